The molecular formula is C11H22N2. The van der Waals surface area contributed by atoms with Crippen LogP contribution in [0.5, 0.6) is 0 Å². The van der Waals surface area contributed by atoms with Crippen LogP contribution < -0.4 is 11.3 Å². The van der Waals surface area contributed by atoms with E-state index in [1.165, 1.54) is 5.57 Å². The van der Waals surface area contributed by atoms with E-state index in [-0.39, 0.29) is 6.04 Å². The van der Waals surface area contributed by atoms with Gasteiger partial charge in [0.1, 0.15) is 0 Å². The Morgan fingerprint density at radius 1 is 1.46 bits per heavy atom. The van der Waals surface area contributed by atoms with Crippen LogP contribution in [0.4, 0.5) is 0 Å². The van der Waals surface area contributed by atoms with Crippen LogP contribution in [0.2, 0.25) is 0 Å². The van der Waals surface area contributed by atoms with Crippen molar-refractivity contribution in [1.82, 2.24) is 5.43 Å². The summed E-state index contributed by atoms with van der Waals surface area (Å²) in [6, 6.07) is 0.186. The molecule has 0 aliphatic rings. The van der Waals surface area contributed by atoms with E-state index in [4.69, 9.17) is 5.84 Å². The fourth-order valence-electron chi connectivity index (χ4n) is 1.33. The first-order valence-electron chi connectivity index (χ1n) is 4.80. The molecule has 0 radical (unpaired) electrons. The van der Waals surface area contributed by atoms with Gasteiger partial charge in [0.25, 0.3) is 0 Å². The van der Waals surface area contributed by atoms with Gasteiger partial charge in [0.15, 0.2) is 0 Å². The lowest BCUT2D eigenvalue weighted by Crippen LogP contribution is -2.35. The maximum atomic E-state index is 5.36. The zero-order chi connectivity index (χ0) is 10.4. The Balaban J connectivity index is 4.05. The molecular weight excluding hydrogens is 160 g/mol. The molecule has 0 rings (SSSR count). The van der Waals surface area contributed by atoms with Gasteiger partial charge in [-0.2, -0.15) is 0 Å². The Hall–Kier alpha value is -0.600. The molecule has 2 nitrogen and oxygen atoms in total. The molecule has 2 heteroatoms. The topological polar surface area (TPSA) is 38.0 Å². The van der Waals surface area contributed by atoms with E-state index in [0.29, 0.717) is 11.8 Å². The average molecular weight is 182 g/mol. The lowest BCUT2D eigenvalue weighted by atomic mass is 9.88. The van der Waals surface area contributed by atoms with Crippen molar-refractivity contribution in [3.05, 3.63) is 24.8 Å². The minimum absolute atomic E-state index is 0.186. The third kappa shape index (κ3) is 4.25. The van der Waals surface area contributed by atoms with Crippen molar-refractivity contribution in [2.75, 3.05) is 0 Å². The summed E-state index contributed by atoms with van der Waals surface area (Å²) in [4.78, 5) is 0. The highest BCUT2D eigenvalue weighted by Gasteiger charge is 2.13. The molecule has 2 unspecified atom stereocenters. The van der Waals surface area contributed by atoms with Gasteiger partial charge in [-0.1, -0.05) is 39.0 Å². The molecule has 0 heterocycles. The summed E-state index contributed by atoms with van der Waals surface area (Å²) in [7, 11) is 0. The lowest BCUT2D eigenvalue weighted by molar-refractivity contribution is 0.471. The maximum Gasteiger partial charge on any atom is 0.0393 e. The quantitative estimate of drug-likeness (QED) is 0.375. The van der Waals surface area contributed by atoms with Crippen LogP contribution in [-0.2, 0) is 0 Å². The monoisotopic (exact) mass is 182 g/mol. The van der Waals surface area contributed by atoms with E-state index >= 15 is 0 Å². The van der Waals surface area contributed by atoms with Gasteiger partial charge in [0.2, 0.25) is 0 Å². The Labute approximate surface area is 81.9 Å². The van der Waals surface area contributed by atoms with Crippen LogP contribution in [0.15, 0.2) is 24.8 Å². The third-order valence-corrected chi connectivity index (χ3v) is 2.48. The van der Waals surface area contributed by atoms with Gasteiger partial charge in [-0.25, -0.2) is 0 Å². The number of hydrazine groups is 1. The first-order valence-corrected chi connectivity index (χ1v) is 4.80. The molecule has 0 aromatic rings. The van der Waals surface area contributed by atoms with Crippen molar-refractivity contribution in [2.45, 2.75) is 33.2 Å². The molecule has 0 amide bonds. The predicted molar refractivity (Wildman–Crippen MR) is 59.1 cm³/mol. The van der Waals surface area contributed by atoms with Crippen molar-refractivity contribution in [1.29, 1.82) is 0 Å². The van der Waals surface area contributed by atoms with E-state index in [1.807, 2.05) is 6.08 Å². The summed E-state index contributed by atoms with van der Waals surface area (Å²) in [5.74, 6) is 6.38. The average Bonchev–Trinajstić information content (AvgIpc) is 2.12. The summed E-state index contributed by atoms with van der Waals surface area (Å²) in [6.07, 6.45) is 2.81. The number of hydrogen-bond donors (Lipinski definition) is 2. The Morgan fingerprint density at radius 3 is 2.31 bits per heavy atom. The first kappa shape index (κ1) is 12.4. The van der Waals surface area contributed by atoms with Gasteiger partial charge >= 0.3 is 0 Å². The number of hydrogen-bond acceptors (Lipinski definition) is 2. The summed E-state index contributed by atoms with van der Waals surface area (Å²) < 4.78 is 0. The molecule has 0 fully saturated rings. The first-order chi connectivity index (χ1) is 6.02. The van der Waals surface area contributed by atoms with Crippen molar-refractivity contribution in [2.24, 2.45) is 17.7 Å². The summed E-state index contributed by atoms with van der Waals surface area (Å²) in [6.45, 7) is 14.3. The second-order valence-electron chi connectivity index (χ2n) is 3.88. The third-order valence-electron chi connectivity index (χ3n) is 2.48. The predicted octanol–water partition coefficient (Wildman–Crippen LogP) is 2.24. The largest absolute Gasteiger partial charge is 0.271 e. The summed E-state index contributed by atoms with van der Waals surface area (Å²) >= 11 is 0. The standard InChI is InChI=1S/C11H22N2/c1-6-11(13-12)7-9(4)10(5)8(2)3/h6,8-9,11,13H,1,5,7,12H2,2-4H3. The Bertz CT molecular complexity index is 173. The van der Waals surface area contributed by atoms with Gasteiger partial charge in [-0.05, 0) is 18.3 Å². The lowest BCUT2D eigenvalue weighted by Gasteiger charge is -2.21. The van der Waals surface area contributed by atoms with Gasteiger partial charge in [-0.15, -0.1) is 6.58 Å². The molecule has 0 spiro atoms. The minimum atomic E-state index is 0.186. The zero-order valence-corrected chi connectivity index (χ0v) is 9.01. The van der Waals surface area contributed by atoms with Gasteiger partial charge in [-0.3, -0.25) is 11.3 Å². The second kappa shape index (κ2) is 5.95. The number of rotatable bonds is 6. The van der Waals surface area contributed by atoms with Crippen molar-refractivity contribution < 1.29 is 0 Å². The molecule has 13 heavy (non-hydrogen) atoms. The van der Waals surface area contributed by atoms with Crippen LogP contribution in [0, 0.1) is 11.8 Å². The van der Waals surface area contributed by atoms with Crippen molar-refractivity contribution in [3.63, 3.8) is 0 Å². The maximum absolute atomic E-state index is 5.36. The summed E-state index contributed by atoms with van der Waals surface area (Å²) in [5.41, 5.74) is 4.00. The van der Waals surface area contributed by atoms with E-state index in [1.54, 1.807) is 0 Å². The molecule has 0 saturated heterocycles. The number of allylic oxidation sites excluding steroid dienone is 1. The van der Waals surface area contributed by atoms with Crippen molar-refractivity contribution >= 4 is 0 Å². The fraction of sp³-hybridized carbons (Fsp3) is 0.636. The number of nitrogens with one attached hydrogen (secondary N) is 1. The normalized spacial score (nSPS) is 15.5. The van der Waals surface area contributed by atoms with E-state index < -0.39 is 0 Å². The smallest absolute Gasteiger partial charge is 0.0393 e. The van der Waals surface area contributed by atoms with Gasteiger partial charge in [0, 0.05) is 6.04 Å². The SMILES string of the molecule is C=CC(CC(C)C(=C)C(C)C)NN. The van der Waals surface area contributed by atoms with E-state index in [9.17, 15) is 0 Å². The molecule has 0 aromatic carbocycles. The minimum Gasteiger partial charge on any atom is -0.271 e. The van der Waals surface area contributed by atoms with E-state index in [2.05, 4.69) is 39.4 Å². The van der Waals surface area contributed by atoms with Gasteiger partial charge in [0.05, 0.1) is 0 Å². The van der Waals surface area contributed by atoms with Crippen LogP contribution >= 0.6 is 0 Å². The second-order valence-corrected chi connectivity index (χ2v) is 3.88. The van der Waals surface area contributed by atoms with Crippen LogP contribution in [0.25, 0.3) is 0 Å². The molecule has 2 atom stereocenters. The summed E-state index contributed by atoms with van der Waals surface area (Å²) in [5, 5.41) is 0. The highest BCUT2D eigenvalue weighted by molar-refractivity contribution is 5.04. The Kier molecular flexibility index (Phi) is 5.67. The highest BCUT2D eigenvalue weighted by Crippen LogP contribution is 2.21. The highest BCUT2D eigenvalue weighted by atomic mass is 15.2. The van der Waals surface area contributed by atoms with E-state index in [0.717, 1.165) is 6.42 Å². The number of nitrogens with two attached hydrogens (primary N) is 1. The molecule has 0 saturated carbocycles. The Morgan fingerprint density at radius 2 is 2.00 bits per heavy atom. The molecule has 0 bridgehead atoms. The fourth-order valence-corrected chi connectivity index (χ4v) is 1.33. The molecule has 3 N–H and O–H groups in total. The van der Waals surface area contributed by atoms with Crippen molar-refractivity contribution in [3.8, 4) is 0 Å². The van der Waals surface area contributed by atoms with Crippen LogP contribution in [0.1, 0.15) is 27.2 Å². The zero-order valence-electron chi connectivity index (χ0n) is 9.01. The molecule has 0 aliphatic heterocycles. The van der Waals surface area contributed by atoms with Crippen LogP contribution in [0.3, 0.4) is 0 Å². The molecule has 76 valence electrons. The van der Waals surface area contributed by atoms with Gasteiger partial charge < -0.3 is 0 Å². The molecule has 0 aromatic heterocycles. The molecule has 0 aliphatic carbocycles. The van der Waals surface area contributed by atoms with Crippen LogP contribution in [-0.4, -0.2) is 6.04 Å².